The minimum absolute atomic E-state index is 0.369. The summed E-state index contributed by atoms with van der Waals surface area (Å²) in [6.45, 7) is 4.95. The van der Waals surface area contributed by atoms with Crippen LogP contribution in [0.15, 0.2) is 6.07 Å². The van der Waals surface area contributed by atoms with Crippen molar-refractivity contribution in [2.45, 2.75) is 70.6 Å². The van der Waals surface area contributed by atoms with Crippen molar-refractivity contribution in [1.82, 2.24) is 0 Å². The second-order valence-electron chi connectivity index (χ2n) is 7.83. The summed E-state index contributed by atoms with van der Waals surface area (Å²) in [5.74, 6) is 2.82. The van der Waals surface area contributed by atoms with E-state index < -0.39 is 0 Å². The first-order chi connectivity index (χ1) is 10.7. The zero-order chi connectivity index (χ0) is 15.3. The van der Waals surface area contributed by atoms with Crippen LogP contribution >= 0.6 is 0 Å². The van der Waals surface area contributed by atoms with Gasteiger partial charge in [0.1, 0.15) is 0 Å². The average Bonchev–Trinajstić information content (AvgIpc) is 2.82. The Labute approximate surface area is 133 Å². The SMILES string of the molecule is CCCOc1c(O)cc2c(c1C)CC1CC3CCCC[C@@]23C1. The Morgan fingerprint density at radius 2 is 2.23 bits per heavy atom. The third kappa shape index (κ3) is 1.92. The highest BCUT2D eigenvalue weighted by Gasteiger charge is 2.53. The molecule has 3 aliphatic carbocycles. The van der Waals surface area contributed by atoms with Crippen LogP contribution in [-0.4, -0.2) is 11.7 Å². The van der Waals surface area contributed by atoms with Crippen LogP contribution in [0.1, 0.15) is 68.6 Å². The first-order valence-electron chi connectivity index (χ1n) is 9.14. The Morgan fingerprint density at radius 1 is 1.36 bits per heavy atom. The van der Waals surface area contributed by atoms with E-state index in [1.165, 1.54) is 61.6 Å². The Balaban J connectivity index is 1.83. The van der Waals surface area contributed by atoms with Crippen molar-refractivity contribution in [2.24, 2.45) is 11.8 Å². The molecule has 1 N–H and O–H groups in total. The fraction of sp³-hybridized carbons (Fsp3) is 0.700. The van der Waals surface area contributed by atoms with Crippen molar-refractivity contribution < 1.29 is 9.84 Å². The number of fused-ring (bicyclic) bond motifs is 2. The first-order valence-corrected chi connectivity index (χ1v) is 9.14. The van der Waals surface area contributed by atoms with Crippen molar-refractivity contribution in [3.8, 4) is 11.5 Å². The highest BCUT2D eigenvalue weighted by atomic mass is 16.5. The van der Waals surface area contributed by atoms with E-state index in [1.807, 2.05) is 0 Å². The van der Waals surface area contributed by atoms with Gasteiger partial charge in [0.05, 0.1) is 6.61 Å². The number of benzene rings is 1. The van der Waals surface area contributed by atoms with E-state index in [0.717, 1.165) is 24.0 Å². The molecule has 2 bridgehead atoms. The largest absolute Gasteiger partial charge is 0.504 e. The molecule has 1 spiro atoms. The highest BCUT2D eigenvalue weighted by Crippen LogP contribution is 2.61. The maximum Gasteiger partial charge on any atom is 0.164 e. The molecule has 2 saturated carbocycles. The summed E-state index contributed by atoms with van der Waals surface area (Å²) in [6.07, 6.45) is 10.4. The van der Waals surface area contributed by atoms with Crippen LogP contribution in [-0.2, 0) is 11.8 Å². The van der Waals surface area contributed by atoms with Gasteiger partial charge < -0.3 is 9.84 Å². The smallest absolute Gasteiger partial charge is 0.164 e. The molecule has 2 fully saturated rings. The standard InChI is InChI=1S/C20H28O2/c1-3-8-22-19-13(2)16-10-14-9-15-6-4-5-7-20(15,12-14)17(16)11-18(19)21/h11,14-15,21H,3-10,12H2,1-2H3/t14?,15?,20-/m0/s1. The number of ether oxygens (including phenoxy) is 1. The molecule has 2 unspecified atom stereocenters. The summed E-state index contributed by atoms with van der Waals surface area (Å²) in [5, 5.41) is 10.6. The van der Waals surface area contributed by atoms with Gasteiger partial charge in [0, 0.05) is 0 Å². The van der Waals surface area contributed by atoms with Crippen LogP contribution in [0.25, 0.3) is 0 Å². The predicted molar refractivity (Wildman–Crippen MR) is 88.7 cm³/mol. The van der Waals surface area contributed by atoms with Crippen LogP contribution in [0, 0.1) is 18.8 Å². The molecule has 0 radical (unpaired) electrons. The molecule has 3 atom stereocenters. The molecule has 3 aliphatic rings. The summed E-state index contributed by atoms with van der Waals surface area (Å²) in [4.78, 5) is 0. The zero-order valence-corrected chi connectivity index (χ0v) is 14.0. The quantitative estimate of drug-likeness (QED) is 0.861. The molecular weight excluding hydrogens is 272 g/mol. The predicted octanol–water partition coefficient (Wildman–Crippen LogP) is 4.88. The molecule has 0 amide bonds. The van der Waals surface area contributed by atoms with Gasteiger partial charge in [-0.3, -0.25) is 0 Å². The molecular formula is C20H28O2. The number of phenolic OH excluding ortho intramolecular Hbond substituents is 1. The monoisotopic (exact) mass is 300 g/mol. The summed E-state index contributed by atoms with van der Waals surface area (Å²) in [6, 6.07) is 2.08. The van der Waals surface area contributed by atoms with Crippen molar-refractivity contribution in [1.29, 1.82) is 0 Å². The van der Waals surface area contributed by atoms with Gasteiger partial charge in [-0.2, -0.15) is 0 Å². The number of aromatic hydroxyl groups is 1. The van der Waals surface area contributed by atoms with Crippen molar-refractivity contribution in [3.05, 3.63) is 22.8 Å². The third-order valence-corrected chi connectivity index (χ3v) is 6.59. The second-order valence-corrected chi connectivity index (χ2v) is 7.83. The van der Waals surface area contributed by atoms with E-state index >= 15 is 0 Å². The molecule has 0 heterocycles. The van der Waals surface area contributed by atoms with Gasteiger partial charge >= 0.3 is 0 Å². The normalized spacial score (nSPS) is 32.5. The van der Waals surface area contributed by atoms with Crippen LogP contribution in [0.2, 0.25) is 0 Å². The van der Waals surface area contributed by atoms with Gasteiger partial charge in [-0.05, 0) is 85.5 Å². The minimum Gasteiger partial charge on any atom is -0.504 e. The van der Waals surface area contributed by atoms with E-state index in [0.29, 0.717) is 17.8 Å². The lowest BCUT2D eigenvalue weighted by Crippen LogP contribution is -2.36. The first kappa shape index (κ1) is 14.4. The van der Waals surface area contributed by atoms with Crippen LogP contribution in [0.5, 0.6) is 11.5 Å². The highest BCUT2D eigenvalue weighted by molar-refractivity contribution is 5.57. The Hall–Kier alpha value is -1.18. The molecule has 1 aromatic carbocycles. The number of rotatable bonds is 3. The number of hydrogen-bond acceptors (Lipinski definition) is 2. The maximum atomic E-state index is 10.6. The number of hydrogen-bond donors (Lipinski definition) is 1. The van der Waals surface area contributed by atoms with Gasteiger partial charge in [-0.25, -0.2) is 0 Å². The van der Waals surface area contributed by atoms with Crippen LogP contribution in [0.3, 0.4) is 0 Å². The fourth-order valence-corrected chi connectivity index (χ4v) is 5.75. The van der Waals surface area contributed by atoms with E-state index in [1.54, 1.807) is 0 Å². The Kier molecular flexibility index (Phi) is 3.39. The van der Waals surface area contributed by atoms with E-state index in [9.17, 15) is 5.11 Å². The second kappa shape index (κ2) is 5.18. The molecule has 22 heavy (non-hydrogen) atoms. The molecule has 1 aromatic rings. The average molecular weight is 300 g/mol. The summed E-state index contributed by atoms with van der Waals surface area (Å²) < 4.78 is 5.86. The van der Waals surface area contributed by atoms with E-state index in [4.69, 9.17) is 4.74 Å². The molecule has 0 aromatic heterocycles. The van der Waals surface area contributed by atoms with Crippen LogP contribution < -0.4 is 4.74 Å². The van der Waals surface area contributed by atoms with Gasteiger partial charge in [0.25, 0.3) is 0 Å². The van der Waals surface area contributed by atoms with Gasteiger partial charge in [-0.15, -0.1) is 0 Å². The molecule has 2 nitrogen and oxygen atoms in total. The topological polar surface area (TPSA) is 29.5 Å². The third-order valence-electron chi connectivity index (χ3n) is 6.59. The lowest BCUT2D eigenvalue weighted by Gasteiger charge is -2.43. The van der Waals surface area contributed by atoms with Gasteiger partial charge in [-0.1, -0.05) is 19.8 Å². The zero-order valence-electron chi connectivity index (χ0n) is 14.0. The summed E-state index contributed by atoms with van der Waals surface area (Å²) >= 11 is 0. The van der Waals surface area contributed by atoms with Gasteiger partial charge in [0.2, 0.25) is 0 Å². The minimum atomic E-state index is 0.369. The van der Waals surface area contributed by atoms with Crippen molar-refractivity contribution in [2.75, 3.05) is 6.61 Å². The van der Waals surface area contributed by atoms with Crippen LogP contribution in [0.4, 0.5) is 0 Å². The molecule has 4 rings (SSSR count). The summed E-state index contributed by atoms with van der Waals surface area (Å²) in [7, 11) is 0. The molecule has 2 heteroatoms. The lowest BCUT2D eigenvalue weighted by atomic mass is 9.61. The molecule has 120 valence electrons. The fourth-order valence-electron chi connectivity index (χ4n) is 5.75. The lowest BCUT2D eigenvalue weighted by molar-refractivity contribution is 0.215. The molecule has 0 aliphatic heterocycles. The van der Waals surface area contributed by atoms with E-state index in [2.05, 4.69) is 19.9 Å². The number of phenols is 1. The van der Waals surface area contributed by atoms with E-state index in [-0.39, 0.29) is 0 Å². The Bertz CT molecular complexity index is 592. The van der Waals surface area contributed by atoms with Crippen molar-refractivity contribution >= 4 is 0 Å². The maximum absolute atomic E-state index is 10.6. The van der Waals surface area contributed by atoms with Gasteiger partial charge in [0.15, 0.2) is 11.5 Å². The summed E-state index contributed by atoms with van der Waals surface area (Å²) in [5.41, 5.74) is 4.57. The Morgan fingerprint density at radius 3 is 3.05 bits per heavy atom. The molecule has 0 saturated heterocycles. The van der Waals surface area contributed by atoms with Crippen molar-refractivity contribution in [3.63, 3.8) is 0 Å².